The van der Waals surface area contributed by atoms with Gasteiger partial charge in [-0.3, -0.25) is 0 Å². The van der Waals surface area contributed by atoms with Crippen molar-refractivity contribution in [2.24, 2.45) is 10.9 Å². The Labute approximate surface area is 161 Å². The van der Waals surface area contributed by atoms with E-state index in [-0.39, 0.29) is 24.0 Å². The normalized spacial score (nSPS) is 16.7. The van der Waals surface area contributed by atoms with E-state index in [1.165, 1.54) is 19.3 Å². The summed E-state index contributed by atoms with van der Waals surface area (Å²) < 4.78 is 7.92. The van der Waals surface area contributed by atoms with Crippen LogP contribution in [0.4, 0.5) is 0 Å². The van der Waals surface area contributed by atoms with Crippen LogP contribution in [0.5, 0.6) is 0 Å². The molecule has 1 N–H and O–H groups in total. The van der Waals surface area contributed by atoms with Gasteiger partial charge in [-0.1, -0.05) is 0 Å². The fourth-order valence-electron chi connectivity index (χ4n) is 2.78. The summed E-state index contributed by atoms with van der Waals surface area (Å²) in [4.78, 5) is 6.83. The highest BCUT2D eigenvalue weighted by atomic mass is 127. The van der Waals surface area contributed by atoms with Gasteiger partial charge in [-0.05, 0) is 32.1 Å². The summed E-state index contributed by atoms with van der Waals surface area (Å²) in [6, 6.07) is 0. The van der Waals surface area contributed by atoms with Crippen LogP contribution in [0.3, 0.4) is 0 Å². The van der Waals surface area contributed by atoms with Crippen molar-refractivity contribution in [3.8, 4) is 0 Å². The molecule has 0 saturated heterocycles. The molecule has 0 bridgehead atoms. The summed E-state index contributed by atoms with van der Waals surface area (Å²) in [5, 5.41) is 11.8. The lowest BCUT2D eigenvalue weighted by Gasteiger charge is -2.22. The third kappa shape index (κ3) is 5.30. The van der Waals surface area contributed by atoms with Crippen molar-refractivity contribution in [2.45, 2.75) is 45.7 Å². The maximum atomic E-state index is 5.72. The van der Waals surface area contributed by atoms with Gasteiger partial charge in [0.1, 0.15) is 12.4 Å². The second-order valence-electron chi connectivity index (χ2n) is 6.40. The molecular formula is C16H29IN6O. The zero-order valence-electron chi connectivity index (χ0n) is 14.7. The molecule has 0 aromatic carbocycles. The zero-order chi connectivity index (χ0) is 16.1. The molecule has 1 aliphatic carbocycles. The van der Waals surface area contributed by atoms with Crippen LogP contribution in [0, 0.1) is 5.92 Å². The highest BCUT2D eigenvalue weighted by molar-refractivity contribution is 14.0. The summed E-state index contributed by atoms with van der Waals surface area (Å²) in [7, 11) is 2.05. The molecule has 0 radical (unpaired) electrons. The van der Waals surface area contributed by atoms with E-state index in [2.05, 4.69) is 39.0 Å². The largest absolute Gasteiger partial charge is 0.379 e. The standard InChI is InChI=1S/C16H28N6O.HI/c1-3-17-16(21(2)9-10-23-12-13-6-7-13)18-11-15-20-19-14-5-4-8-22(14)15;/h13H,3-12H2,1-2H3,(H,17,18);1H. The second-order valence-corrected chi connectivity index (χ2v) is 6.40. The summed E-state index contributed by atoms with van der Waals surface area (Å²) in [6.45, 7) is 7.03. The van der Waals surface area contributed by atoms with Gasteiger partial charge in [-0.2, -0.15) is 0 Å². The van der Waals surface area contributed by atoms with Gasteiger partial charge in [0, 0.05) is 39.7 Å². The van der Waals surface area contributed by atoms with Crippen LogP contribution in [0.15, 0.2) is 4.99 Å². The van der Waals surface area contributed by atoms with E-state index < -0.39 is 0 Å². The number of nitrogens with one attached hydrogen (secondary N) is 1. The van der Waals surface area contributed by atoms with Crippen LogP contribution in [0.1, 0.15) is 37.8 Å². The molecule has 7 nitrogen and oxygen atoms in total. The molecule has 2 aliphatic rings. The third-order valence-electron chi connectivity index (χ3n) is 4.37. The lowest BCUT2D eigenvalue weighted by molar-refractivity contribution is 0.115. The molecule has 0 unspecified atom stereocenters. The molecule has 2 heterocycles. The Balaban J connectivity index is 0.00000208. The van der Waals surface area contributed by atoms with E-state index in [1.54, 1.807) is 0 Å². The van der Waals surface area contributed by atoms with E-state index in [9.17, 15) is 0 Å². The monoisotopic (exact) mass is 448 g/mol. The smallest absolute Gasteiger partial charge is 0.194 e. The van der Waals surface area contributed by atoms with Crippen molar-refractivity contribution in [3.63, 3.8) is 0 Å². The first-order chi connectivity index (χ1) is 11.3. The van der Waals surface area contributed by atoms with Gasteiger partial charge in [-0.15, -0.1) is 34.2 Å². The number of halogens is 1. The first-order valence-corrected chi connectivity index (χ1v) is 8.76. The fraction of sp³-hybridized carbons (Fsp3) is 0.812. The van der Waals surface area contributed by atoms with E-state index in [0.29, 0.717) is 6.54 Å². The van der Waals surface area contributed by atoms with Gasteiger partial charge in [0.15, 0.2) is 11.8 Å². The average molecular weight is 448 g/mol. The Kier molecular flexibility index (Phi) is 7.73. The Morgan fingerprint density at radius 2 is 2.25 bits per heavy atom. The maximum Gasteiger partial charge on any atom is 0.194 e. The second kappa shape index (κ2) is 9.55. The molecule has 1 fully saturated rings. The van der Waals surface area contributed by atoms with Crippen LogP contribution < -0.4 is 5.32 Å². The number of nitrogens with zero attached hydrogens (tertiary/aromatic N) is 5. The molecule has 0 spiro atoms. The number of aliphatic imine (C=N–C) groups is 1. The summed E-state index contributed by atoms with van der Waals surface area (Å²) in [5.74, 6) is 3.78. The maximum absolute atomic E-state index is 5.72. The first-order valence-electron chi connectivity index (χ1n) is 8.76. The Hall–Kier alpha value is -0.900. The van der Waals surface area contributed by atoms with Crippen molar-refractivity contribution in [3.05, 3.63) is 11.6 Å². The molecular weight excluding hydrogens is 419 g/mol. The number of ether oxygens (including phenoxy) is 1. The third-order valence-corrected chi connectivity index (χ3v) is 4.37. The molecule has 0 amide bonds. The van der Waals surface area contributed by atoms with Crippen molar-refractivity contribution < 1.29 is 4.74 Å². The SMILES string of the molecule is CCNC(=NCc1nnc2n1CCC2)N(C)CCOCC1CC1.I. The van der Waals surface area contributed by atoms with Gasteiger partial charge in [0.2, 0.25) is 0 Å². The number of guanidine groups is 1. The van der Waals surface area contributed by atoms with Gasteiger partial charge in [0.05, 0.1) is 6.61 Å². The summed E-state index contributed by atoms with van der Waals surface area (Å²) >= 11 is 0. The molecule has 1 aromatic rings. The van der Waals surface area contributed by atoms with Gasteiger partial charge >= 0.3 is 0 Å². The minimum atomic E-state index is 0. The van der Waals surface area contributed by atoms with E-state index in [0.717, 1.165) is 62.8 Å². The van der Waals surface area contributed by atoms with Crippen LogP contribution in [-0.2, 0) is 24.2 Å². The minimum Gasteiger partial charge on any atom is -0.379 e. The van der Waals surface area contributed by atoms with Crippen molar-refractivity contribution in [1.29, 1.82) is 0 Å². The molecule has 136 valence electrons. The lowest BCUT2D eigenvalue weighted by Crippen LogP contribution is -2.40. The molecule has 1 aromatic heterocycles. The number of aryl methyl sites for hydroxylation is 1. The predicted octanol–water partition coefficient (Wildman–Crippen LogP) is 1.67. The molecule has 3 rings (SSSR count). The van der Waals surface area contributed by atoms with Crippen LogP contribution in [-0.4, -0.2) is 59.0 Å². The van der Waals surface area contributed by atoms with Gasteiger partial charge in [0.25, 0.3) is 0 Å². The van der Waals surface area contributed by atoms with Crippen molar-refractivity contribution >= 4 is 29.9 Å². The van der Waals surface area contributed by atoms with E-state index in [1.807, 2.05) is 0 Å². The lowest BCUT2D eigenvalue weighted by atomic mass is 10.4. The molecule has 24 heavy (non-hydrogen) atoms. The highest BCUT2D eigenvalue weighted by Gasteiger charge is 2.21. The van der Waals surface area contributed by atoms with E-state index in [4.69, 9.17) is 9.73 Å². The topological polar surface area (TPSA) is 67.6 Å². The zero-order valence-corrected chi connectivity index (χ0v) is 17.0. The van der Waals surface area contributed by atoms with Crippen molar-refractivity contribution in [1.82, 2.24) is 25.0 Å². The van der Waals surface area contributed by atoms with Crippen LogP contribution >= 0.6 is 24.0 Å². The number of aromatic nitrogens is 3. The van der Waals surface area contributed by atoms with Crippen LogP contribution in [0.25, 0.3) is 0 Å². The molecule has 0 atom stereocenters. The summed E-state index contributed by atoms with van der Waals surface area (Å²) in [6.07, 6.45) is 4.88. The number of hydrogen-bond acceptors (Lipinski definition) is 4. The summed E-state index contributed by atoms with van der Waals surface area (Å²) in [5.41, 5.74) is 0. The van der Waals surface area contributed by atoms with Gasteiger partial charge < -0.3 is 19.5 Å². The Morgan fingerprint density at radius 3 is 3.00 bits per heavy atom. The Morgan fingerprint density at radius 1 is 1.42 bits per heavy atom. The molecule has 1 aliphatic heterocycles. The fourth-order valence-corrected chi connectivity index (χ4v) is 2.78. The number of likely N-dealkylation sites (N-methyl/N-ethyl adjacent to an activating group) is 1. The Bertz CT molecular complexity index is 543. The number of hydrogen-bond donors (Lipinski definition) is 1. The quantitative estimate of drug-likeness (QED) is 0.284. The highest BCUT2D eigenvalue weighted by Crippen LogP contribution is 2.28. The number of fused-ring (bicyclic) bond motifs is 1. The first kappa shape index (κ1) is 19.4. The van der Waals surface area contributed by atoms with Crippen LogP contribution in [0.2, 0.25) is 0 Å². The van der Waals surface area contributed by atoms with Gasteiger partial charge in [-0.25, -0.2) is 4.99 Å². The molecule has 8 heteroatoms. The number of rotatable bonds is 8. The minimum absolute atomic E-state index is 0. The molecule has 1 saturated carbocycles. The predicted molar refractivity (Wildman–Crippen MR) is 105 cm³/mol. The van der Waals surface area contributed by atoms with E-state index >= 15 is 0 Å². The average Bonchev–Trinajstić information content (AvgIpc) is 3.11. The van der Waals surface area contributed by atoms with Crippen molar-refractivity contribution in [2.75, 3.05) is 33.4 Å².